The standard InChI is InChI=1S/C16H20O5/c1-10(8-17)3-2-4-11(9-18)15-6-12-5-13(19)14(20)7-16(12)21-15/h3,5-7,11,17-20H,2,4,8-9H2,1H3/b10-3-/t11-/m1/s1. The molecule has 0 saturated heterocycles. The molecule has 2 aromatic rings. The van der Waals surface area contributed by atoms with Crippen molar-refractivity contribution >= 4 is 11.0 Å². The number of hydrogen-bond acceptors (Lipinski definition) is 5. The topological polar surface area (TPSA) is 94.1 Å². The molecule has 0 aliphatic heterocycles. The molecule has 114 valence electrons. The maximum atomic E-state index is 9.51. The van der Waals surface area contributed by atoms with Crippen LogP contribution >= 0.6 is 0 Å². The molecule has 0 spiro atoms. The lowest BCUT2D eigenvalue weighted by atomic mass is 10.00. The molecule has 1 aromatic heterocycles. The number of allylic oxidation sites excluding steroid dienone is 1. The van der Waals surface area contributed by atoms with Gasteiger partial charge in [-0.2, -0.15) is 0 Å². The maximum absolute atomic E-state index is 9.51. The molecule has 0 unspecified atom stereocenters. The molecule has 21 heavy (non-hydrogen) atoms. The van der Waals surface area contributed by atoms with Crippen molar-refractivity contribution in [1.82, 2.24) is 0 Å². The molecule has 0 aliphatic carbocycles. The molecular formula is C16H20O5. The maximum Gasteiger partial charge on any atom is 0.161 e. The van der Waals surface area contributed by atoms with Gasteiger partial charge >= 0.3 is 0 Å². The molecule has 5 heteroatoms. The minimum atomic E-state index is -0.231. The van der Waals surface area contributed by atoms with Crippen LogP contribution in [0.3, 0.4) is 0 Å². The van der Waals surface area contributed by atoms with E-state index in [0.29, 0.717) is 23.2 Å². The second-order valence-corrected chi connectivity index (χ2v) is 5.19. The first-order chi connectivity index (χ1) is 10.0. The Hall–Kier alpha value is -1.98. The van der Waals surface area contributed by atoms with Gasteiger partial charge in [-0.15, -0.1) is 0 Å². The summed E-state index contributed by atoms with van der Waals surface area (Å²) in [5.74, 6) is 0.0272. The third-order valence-electron chi connectivity index (χ3n) is 3.51. The minimum absolute atomic E-state index is 0.0347. The van der Waals surface area contributed by atoms with E-state index < -0.39 is 0 Å². The van der Waals surface area contributed by atoms with Crippen LogP contribution < -0.4 is 0 Å². The molecule has 0 bridgehead atoms. The number of fused-ring (bicyclic) bond motifs is 1. The van der Waals surface area contributed by atoms with Crippen molar-refractivity contribution in [2.45, 2.75) is 25.7 Å². The summed E-state index contributed by atoms with van der Waals surface area (Å²) in [6.07, 6.45) is 3.35. The molecule has 4 N–H and O–H groups in total. The molecule has 2 rings (SSSR count). The lowest BCUT2D eigenvalue weighted by Crippen LogP contribution is -2.02. The molecular weight excluding hydrogens is 272 g/mol. The van der Waals surface area contributed by atoms with Crippen molar-refractivity contribution in [3.8, 4) is 11.5 Å². The van der Waals surface area contributed by atoms with E-state index in [0.717, 1.165) is 12.0 Å². The lowest BCUT2D eigenvalue weighted by molar-refractivity contribution is 0.245. The van der Waals surface area contributed by atoms with Gasteiger partial charge in [0.2, 0.25) is 0 Å². The Morgan fingerprint density at radius 2 is 1.90 bits per heavy atom. The molecule has 0 radical (unpaired) electrons. The van der Waals surface area contributed by atoms with Gasteiger partial charge in [-0.25, -0.2) is 0 Å². The summed E-state index contributed by atoms with van der Waals surface area (Å²) in [5, 5.41) is 38.1. The summed E-state index contributed by atoms with van der Waals surface area (Å²) in [5.41, 5.74) is 1.37. The number of phenolic OH excluding ortho intramolecular Hbond substituents is 2. The minimum Gasteiger partial charge on any atom is -0.504 e. The number of phenols is 2. The normalized spacial score (nSPS) is 13.8. The predicted octanol–water partition coefficient (Wildman–Crippen LogP) is 2.64. The largest absolute Gasteiger partial charge is 0.504 e. The van der Waals surface area contributed by atoms with Crippen LogP contribution in [0.2, 0.25) is 0 Å². The highest BCUT2D eigenvalue weighted by molar-refractivity contribution is 5.82. The summed E-state index contributed by atoms with van der Waals surface area (Å²) in [6, 6.07) is 4.55. The van der Waals surface area contributed by atoms with Crippen LogP contribution in [0.1, 0.15) is 31.4 Å². The summed E-state index contributed by atoms with van der Waals surface area (Å²) < 4.78 is 5.64. The number of furan rings is 1. The first-order valence-corrected chi connectivity index (χ1v) is 6.88. The van der Waals surface area contributed by atoms with Gasteiger partial charge in [0.25, 0.3) is 0 Å². The Labute approximate surface area is 122 Å². The van der Waals surface area contributed by atoms with Gasteiger partial charge in [-0.05, 0) is 31.9 Å². The highest BCUT2D eigenvalue weighted by atomic mass is 16.3. The van der Waals surface area contributed by atoms with E-state index in [1.165, 1.54) is 12.1 Å². The summed E-state index contributed by atoms with van der Waals surface area (Å²) in [7, 11) is 0. The van der Waals surface area contributed by atoms with E-state index >= 15 is 0 Å². The van der Waals surface area contributed by atoms with Crippen molar-refractivity contribution in [2.75, 3.05) is 13.2 Å². The molecule has 0 amide bonds. The SMILES string of the molecule is C/C(=C/CC[C@H](CO)c1cc2cc(O)c(O)cc2o1)CO. The molecule has 1 aromatic carbocycles. The van der Waals surface area contributed by atoms with Crippen LogP contribution in [0.25, 0.3) is 11.0 Å². The Morgan fingerprint density at radius 1 is 1.19 bits per heavy atom. The smallest absolute Gasteiger partial charge is 0.161 e. The zero-order valence-electron chi connectivity index (χ0n) is 11.9. The number of benzene rings is 1. The fourth-order valence-corrected chi connectivity index (χ4v) is 2.20. The number of aromatic hydroxyl groups is 2. The Bertz CT molecular complexity index is 602. The fourth-order valence-electron chi connectivity index (χ4n) is 2.20. The first kappa shape index (κ1) is 15.4. The van der Waals surface area contributed by atoms with Gasteiger partial charge in [0.05, 0.1) is 13.2 Å². The monoisotopic (exact) mass is 292 g/mol. The second-order valence-electron chi connectivity index (χ2n) is 5.19. The molecule has 0 aliphatic rings. The molecule has 1 atom stereocenters. The Balaban J connectivity index is 2.18. The second kappa shape index (κ2) is 6.65. The van der Waals surface area contributed by atoms with Crippen LogP contribution in [0.15, 0.2) is 34.3 Å². The van der Waals surface area contributed by atoms with Gasteiger partial charge in [-0.1, -0.05) is 11.6 Å². The zero-order valence-corrected chi connectivity index (χ0v) is 11.9. The average molecular weight is 292 g/mol. The van der Waals surface area contributed by atoms with E-state index in [1.54, 1.807) is 6.07 Å². The van der Waals surface area contributed by atoms with Gasteiger partial charge in [-0.3, -0.25) is 0 Å². The van der Waals surface area contributed by atoms with Gasteiger partial charge in [0, 0.05) is 17.4 Å². The van der Waals surface area contributed by atoms with Crippen molar-refractivity contribution < 1.29 is 24.8 Å². The van der Waals surface area contributed by atoms with E-state index in [-0.39, 0.29) is 30.6 Å². The third kappa shape index (κ3) is 3.56. The lowest BCUT2D eigenvalue weighted by Gasteiger charge is -2.09. The van der Waals surface area contributed by atoms with Gasteiger partial charge < -0.3 is 24.8 Å². The summed E-state index contributed by atoms with van der Waals surface area (Å²) in [6.45, 7) is 1.83. The average Bonchev–Trinajstić information content (AvgIpc) is 2.86. The summed E-state index contributed by atoms with van der Waals surface area (Å²) >= 11 is 0. The van der Waals surface area contributed by atoms with Crippen molar-refractivity contribution in [3.63, 3.8) is 0 Å². The Kier molecular flexibility index (Phi) is 4.88. The Morgan fingerprint density at radius 3 is 2.57 bits per heavy atom. The highest BCUT2D eigenvalue weighted by Gasteiger charge is 2.16. The van der Waals surface area contributed by atoms with Crippen LogP contribution in [0.4, 0.5) is 0 Å². The van der Waals surface area contributed by atoms with E-state index in [9.17, 15) is 15.3 Å². The van der Waals surface area contributed by atoms with Crippen molar-refractivity contribution in [2.24, 2.45) is 0 Å². The van der Waals surface area contributed by atoms with Gasteiger partial charge in [0.1, 0.15) is 11.3 Å². The molecule has 0 saturated carbocycles. The number of rotatable bonds is 6. The van der Waals surface area contributed by atoms with E-state index in [2.05, 4.69) is 0 Å². The molecule has 0 fully saturated rings. The molecule has 1 heterocycles. The fraction of sp³-hybridized carbons (Fsp3) is 0.375. The first-order valence-electron chi connectivity index (χ1n) is 6.88. The quantitative estimate of drug-likeness (QED) is 0.485. The van der Waals surface area contributed by atoms with Crippen LogP contribution in [0.5, 0.6) is 11.5 Å². The number of hydrogen-bond donors (Lipinski definition) is 4. The van der Waals surface area contributed by atoms with Crippen molar-refractivity contribution in [3.05, 3.63) is 35.6 Å². The zero-order chi connectivity index (χ0) is 15.4. The predicted molar refractivity (Wildman–Crippen MR) is 79.4 cm³/mol. The number of aliphatic hydroxyl groups excluding tert-OH is 2. The molecule has 5 nitrogen and oxygen atoms in total. The third-order valence-corrected chi connectivity index (χ3v) is 3.51. The number of aliphatic hydroxyl groups is 2. The van der Waals surface area contributed by atoms with E-state index in [1.807, 2.05) is 13.0 Å². The van der Waals surface area contributed by atoms with Crippen LogP contribution in [-0.4, -0.2) is 33.6 Å². The highest BCUT2D eigenvalue weighted by Crippen LogP contribution is 2.34. The van der Waals surface area contributed by atoms with Crippen molar-refractivity contribution in [1.29, 1.82) is 0 Å². The summed E-state index contributed by atoms with van der Waals surface area (Å²) in [4.78, 5) is 0. The van der Waals surface area contributed by atoms with E-state index in [4.69, 9.17) is 9.52 Å². The van der Waals surface area contributed by atoms with Crippen LogP contribution in [0, 0.1) is 0 Å². The van der Waals surface area contributed by atoms with Gasteiger partial charge in [0.15, 0.2) is 11.5 Å². The van der Waals surface area contributed by atoms with Crippen LogP contribution in [-0.2, 0) is 0 Å².